The first-order valence-electron chi connectivity index (χ1n) is 5.83. The van der Waals surface area contributed by atoms with Crippen molar-refractivity contribution in [1.29, 1.82) is 0 Å². The molecule has 0 unspecified atom stereocenters. The number of aliphatic hydroxyl groups excluding tert-OH is 1. The van der Waals surface area contributed by atoms with Crippen LogP contribution >= 0.6 is 34.5 Å². The Hall–Kier alpha value is -0.700. The standard InChI is InChI=1S/C12H12Cl2N2O3S2/c1-7-6-20-11(16-7)4-15-21(18,19)10-3-2-9(13)8(5-17)12(10)14/h2-3,6,15,17H,4-5H2,1H3. The van der Waals surface area contributed by atoms with E-state index in [1.807, 2.05) is 12.3 Å². The molecule has 0 aliphatic rings. The molecule has 0 amide bonds. The lowest BCUT2D eigenvalue weighted by atomic mass is 10.2. The third-order valence-electron chi connectivity index (χ3n) is 2.68. The Morgan fingerprint density at radius 3 is 2.67 bits per heavy atom. The van der Waals surface area contributed by atoms with Gasteiger partial charge in [-0.2, -0.15) is 0 Å². The number of hydrogen-bond donors (Lipinski definition) is 2. The lowest BCUT2D eigenvalue weighted by Gasteiger charge is -2.11. The van der Waals surface area contributed by atoms with Gasteiger partial charge in [-0.1, -0.05) is 23.2 Å². The van der Waals surface area contributed by atoms with Crippen LogP contribution in [0.2, 0.25) is 10.0 Å². The largest absolute Gasteiger partial charge is 0.392 e. The number of rotatable bonds is 5. The number of nitrogens with one attached hydrogen (secondary N) is 1. The van der Waals surface area contributed by atoms with Crippen LogP contribution in [0.15, 0.2) is 22.4 Å². The first-order valence-corrected chi connectivity index (χ1v) is 8.95. The molecule has 0 atom stereocenters. The van der Waals surface area contributed by atoms with E-state index in [4.69, 9.17) is 23.2 Å². The monoisotopic (exact) mass is 366 g/mol. The van der Waals surface area contributed by atoms with E-state index in [-0.39, 0.29) is 27.0 Å². The fourth-order valence-corrected chi connectivity index (χ4v) is 4.33. The van der Waals surface area contributed by atoms with E-state index in [1.165, 1.54) is 23.5 Å². The summed E-state index contributed by atoms with van der Waals surface area (Å²) in [6.07, 6.45) is 0. The summed E-state index contributed by atoms with van der Waals surface area (Å²) in [4.78, 5) is 4.06. The fraction of sp³-hybridized carbons (Fsp3) is 0.250. The van der Waals surface area contributed by atoms with E-state index >= 15 is 0 Å². The highest BCUT2D eigenvalue weighted by atomic mass is 35.5. The van der Waals surface area contributed by atoms with Gasteiger partial charge < -0.3 is 5.11 Å². The molecule has 1 aromatic heterocycles. The maximum atomic E-state index is 12.3. The molecule has 5 nitrogen and oxygen atoms in total. The van der Waals surface area contributed by atoms with Gasteiger partial charge in [-0.25, -0.2) is 18.1 Å². The first kappa shape index (κ1) is 16.7. The van der Waals surface area contributed by atoms with Crippen LogP contribution in [0.1, 0.15) is 16.3 Å². The molecule has 9 heteroatoms. The van der Waals surface area contributed by atoms with Gasteiger partial charge in [0, 0.05) is 21.7 Å². The number of nitrogens with zero attached hydrogens (tertiary/aromatic N) is 1. The van der Waals surface area contributed by atoms with E-state index < -0.39 is 16.6 Å². The molecule has 0 spiro atoms. The zero-order chi connectivity index (χ0) is 15.6. The number of aryl methyl sites for hydroxylation is 1. The van der Waals surface area contributed by atoms with Crippen LogP contribution < -0.4 is 4.72 Å². The minimum Gasteiger partial charge on any atom is -0.392 e. The van der Waals surface area contributed by atoms with Crippen molar-refractivity contribution in [3.63, 3.8) is 0 Å². The van der Waals surface area contributed by atoms with Gasteiger partial charge in [0.15, 0.2) is 0 Å². The summed E-state index contributed by atoms with van der Waals surface area (Å²) in [6, 6.07) is 2.69. The highest BCUT2D eigenvalue weighted by Gasteiger charge is 2.21. The second kappa shape index (κ2) is 6.60. The first-order chi connectivity index (χ1) is 9.85. The Balaban J connectivity index is 2.27. The summed E-state index contributed by atoms with van der Waals surface area (Å²) in [5.74, 6) is 0. The second-order valence-corrected chi connectivity index (χ2v) is 7.67. The number of sulfonamides is 1. The number of halogens is 2. The van der Waals surface area contributed by atoms with Crippen LogP contribution in [-0.2, 0) is 23.2 Å². The highest BCUT2D eigenvalue weighted by Crippen LogP contribution is 2.31. The zero-order valence-corrected chi connectivity index (χ0v) is 14.1. The van der Waals surface area contributed by atoms with Crippen molar-refractivity contribution in [3.8, 4) is 0 Å². The molecule has 0 fully saturated rings. The topological polar surface area (TPSA) is 79.3 Å². The van der Waals surface area contributed by atoms with Gasteiger partial charge in [-0.05, 0) is 19.1 Å². The summed E-state index contributed by atoms with van der Waals surface area (Å²) in [5, 5.41) is 11.8. The van der Waals surface area contributed by atoms with Gasteiger partial charge in [0.1, 0.15) is 9.90 Å². The van der Waals surface area contributed by atoms with Crippen molar-refractivity contribution >= 4 is 44.6 Å². The molecule has 0 saturated carbocycles. The molecule has 0 bridgehead atoms. The maximum Gasteiger partial charge on any atom is 0.242 e. The predicted octanol–water partition coefficient (Wildman–Crippen LogP) is 2.73. The Kier molecular flexibility index (Phi) is 5.24. The summed E-state index contributed by atoms with van der Waals surface area (Å²) in [5.41, 5.74) is 1.02. The third kappa shape index (κ3) is 3.74. The molecule has 2 N–H and O–H groups in total. The average Bonchev–Trinajstić information content (AvgIpc) is 2.83. The summed E-state index contributed by atoms with van der Waals surface area (Å²) < 4.78 is 27.0. The Bertz CT molecular complexity index is 760. The van der Waals surface area contributed by atoms with Crippen LogP contribution in [0.5, 0.6) is 0 Å². The summed E-state index contributed by atoms with van der Waals surface area (Å²) in [6.45, 7) is 1.47. The normalized spacial score (nSPS) is 11.8. The minimum absolute atomic E-state index is 0.0761. The van der Waals surface area contributed by atoms with Crippen molar-refractivity contribution in [1.82, 2.24) is 9.71 Å². The van der Waals surface area contributed by atoms with Crippen molar-refractivity contribution in [2.24, 2.45) is 0 Å². The van der Waals surface area contributed by atoms with E-state index in [9.17, 15) is 13.5 Å². The number of aromatic nitrogens is 1. The van der Waals surface area contributed by atoms with Crippen molar-refractivity contribution < 1.29 is 13.5 Å². The quantitative estimate of drug-likeness (QED) is 0.852. The lowest BCUT2D eigenvalue weighted by Crippen LogP contribution is -2.23. The van der Waals surface area contributed by atoms with E-state index in [1.54, 1.807) is 0 Å². The Morgan fingerprint density at radius 2 is 2.10 bits per heavy atom. The molecule has 21 heavy (non-hydrogen) atoms. The molecule has 2 rings (SSSR count). The molecular formula is C12H12Cl2N2O3S2. The lowest BCUT2D eigenvalue weighted by molar-refractivity contribution is 0.281. The predicted molar refractivity (Wildman–Crippen MR) is 83.3 cm³/mol. The van der Waals surface area contributed by atoms with Crippen molar-refractivity contribution in [3.05, 3.63) is 43.8 Å². The van der Waals surface area contributed by atoms with Crippen LogP contribution in [-0.4, -0.2) is 18.5 Å². The van der Waals surface area contributed by atoms with Gasteiger partial charge in [0.25, 0.3) is 0 Å². The minimum atomic E-state index is -3.81. The van der Waals surface area contributed by atoms with Crippen LogP contribution in [0.4, 0.5) is 0 Å². The maximum absolute atomic E-state index is 12.3. The van der Waals surface area contributed by atoms with Gasteiger partial charge in [0.2, 0.25) is 10.0 Å². The zero-order valence-electron chi connectivity index (χ0n) is 10.9. The average molecular weight is 367 g/mol. The molecule has 0 aliphatic carbocycles. The molecule has 2 aromatic rings. The van der Waals surface area contributed by atoms with Crippen molar-refractivity contribution in [2.75, 3.05) is 0 Å². The third-order valence-corrected chi connectivity index (χ3v) is 5.99. The van der Waals surface area contributed by atoms with E-state index in [0.717, 1.165) is 5.69 Å². The SMILES string of the molecule is Cc1csc(CNS(=O)(=O)c2ccc(Cl)c(CO)c2Cl)n1. The fourth-order valence-electron chi connectivity index (χ4n) is 1.65. The van der Waals surface area contributed by atoms with Crippen LogP contribution in [0.25, 0.3) is 0 Å². The smallest absolute Gasteiger partial charge is 0.242 e. The number of thiazole rings is 1. The second-order valence-electron chi connectivity index (χ2n) is 4.20. The molecular weight excluding hydrogens is 355 g/mol. The highest BCUT2D eigenvalue weighted by molar-refractivity contribution is 7.89. The van der Waals surface area contributed by atoms with E-state index in [0.29, 0.717) is 5.01 Å². The van der Waals surface area contributed by atoms with Crippen molar-refractivity contribution in [2.45, 2.75) is 25.0 Å². The molecule has 0 radical (unpaired) electrons. The molecule has 114 valence electrons. The van der Waals surface area contributed by atoms with Gasteiger partial charge in [0.05, 0.1) is 18.2 Å². The van der Waals surface area contributed by atoms with Gasteiger partial charge >= 0.3 is 0 Å². The van der Waals surface area contributed by atoms with E-state index in [2.05, 4.69) is 9.71 Å². The van der Waals surface area contributed by atoms with Crippen LogP contribution in [0.3, 0.4) is 0 Å². The van der Waals surface area contributed by atoms with Crippen LogP contribution in [0, 0.1) is 6.92 Å². The summed E-state index contributed by atoms with van der Waals surface area (Å²) >= 11 is 13.2. The Labute approximate surface area is 136 Å². The van der Waals surface area contributed by atoms with Gasteiger partial charge in [-0.15, -0.1) is 11.3 Å². The molecule has 0 saturated heterocycles. The van der Waals surface area contributed by atoms with Gasteiger partial charge in [-0.3, -0.25) is 0 Å². The molecule has 0 aliphatic heterocycles. The summed E-state index contributed by atoms with van der Waals surface area (Å²) in [7, 11) is -3.81. The molecule has 1 heterocycles. The Morgan fingerprint density at radius 1 is 1.38 bits per heavy atom. The number of hydrogen-bond acceptors (Lipinski definition) is 5. The number of benzene rings is 1. The molecule has 1 aromatic carbocycles. The number of aliphatic hydroxyl groups is 1.